The van der Waals surface area contributed by atoms with Crippen molar-refractivity contribution in [1.82, 2.24) is 0 Å². The van der Waals surface area contributed by atoms with Crippen molar-refractivity contribution in [2.75, 3.05) is 14.2 Å². The normalized spacial score (nSPS) is 17.6. The number of carbonyl (C=O) groups excluding carboxylic acids is 1. The monoisotopic (exact) mass is 560 g/mol. The Morgan fingerprint density at radius 3 is 2.48 bits per heavy atom. The summed E-state index contributed by atoms with van der Waals surface area (Å²) in [6.07, 6.45) is 10.3. The molecule has 0 spiro atoms. The molecule has 3 aromatic rings. The molecule has 0 amide bonds. The van der Waals surface area contributed by atoms with Gasteiger partial charge in [-0.2, -0.15) is 0 Å². The van der Waals surface area contributed by atoms with Gasteiger partial charge in [0.1, 0.15) is 10.6 Å². The lowest BCUT2D eigenvalue weighted by Crippen LogP contribution is -2.09. The Labute approximate surface area is 244 Å². The summed E-state index contributed by atoms with van der Waals surface area (Å²) in [6, 6.07) is 21.3. The van der Waals surface area contributed by atoms with Crippen LogP contribution in [0.25, 0.3) is 0 Å². The SMILES string of the molecule is C=C1CC[C@H](CCCc2ccc(C(=O)OC)s2)[C@H]1c1ccc(C(CCCCC)OCc2ccc(OC)cc2)cc1. The van der Waals surface area contributed by atoms with Crippen molar-refractivity contribution in [2.45, 2.75) is 83.3 Å². The first-order chi connectivity index (χ1) is 19.5. The standard InChI is InChI=1S/C35H44O4S/c1-5-6-7-11-32(39-24-26-13-20-30(37-3)21-14-26)27-16-18-29(19-17-27)34-25(2)12-15-28(34)9-8-10-31-22-23-33(40-31)35(36)38-4/h13-14,16-23,28,32,34H,2,5-12,15,24H2,1,3-4H3/t28-,32?,34-/m0/s1. The second kappa shape index (κ2) is 15.2. The van der Waals surface area contributed by atoms with E-state index in [1.54, 1.807) is 18.4 Å². The maximum Gasteiger partial charge on any atom is 0.348 e. The van der Waals surface area contributed by atoms with E-state index in [1.807, 2.05) is 18.2 Å². The zero-order chi connectivity index (χ0) is 28.3. The summed E-state index contributed by atoms with van der Waals surface area (Å²) in [6.45, 7) is 7.30. The number of rotatable bonds is 15. The van der Waals surface area contributed by atoms with E-state index in [0.29, 0.717) is 23.3 Å². The fourth-order valence-electron chi connectivity index (χ4n) is 5.87. The fourth-order valence-corrected chi connectivity index (χ4v) is 6.84. The van der Waals surface area contributed by atoms with Crippen molar-refractivity contribution in [3.8, 4) is 5.75 Å². The topological polar surface area (TPSA) is 44.8 Å². The van der Waals surface area contributed by atoms with E-state index >= 15 is 0 Å². The van der Waals surface area contributed by atoms with E-state index in [9.17, 15) is 4.79 Å². The predicted molar refractivity (Wildman–Crippen MR) is 164 cm³/mol. The molecule has 1 heterocycles. The third-order valence-electron chi connectivity index (χ3n) is 8.14. The number of thiophene rings is 1. The van der Waals surface area contributed by atoms with Crippen molar-refractivity contribution in [1.29, 1.82) is 0 Å². The zero-order valence-corrected chi connectivity index (χ0v) is 25.1. The number of esters is 1. The predicted octanol–water partition coefficient (Wildman–Crippen LogP) is 9.45. The van der Waals surface area contributed by atoms with Gasteiger partial charge in [0.05, 0.1) is 26.9 Å². The number of allylic oxidation sites excluding steroid dienone is 1. The van der Waals surface area contributed by atoms with Crippen LogP contribution in [0, 0.1) is 5.92 Å². The first-order valence-electron chi connectivity index (χ1n) is 14.7. The molecule has 1 saturated carbocycles. The highest BCUT2D eigenvalue weighted by molar-refractivity contribution is 7.13. The lowest BCUT2D eigenvalue weighted by molar-refractivity contribution is 0.0321. The summed E-state index contributed by atoms with van der Waals surface area (Å²) in [5.41, 5.74) is 5.15. The molecule has 1 aromatic heterocycles. The fraction of sp³-hybridized carbons (Fsp3) is 0.457. The van der Waals surface area contributed by atoms with Crippen LogP contribution in [0.4, 0.5) is 0 Å². The number of hydrogen-bond donors (Lipinski definition) is 0. The minimum Gasteiger partial charge on any atom is -0.497 e. The van der Waals surface area contributed by atoms with Gasteiger partial charge in [0.2, 0.25) is 0 Å². The third kappa shape index (κ3) is 8.08. The molecule has 1 aliphatic carbocycles. The van der Waals surface area contributed by atoms with E-state index in [1.165, 1.54) is 60.8 Å². The molecule has 4 rings (SSSR count). The lowest BCUT2D eigenvalue weighted by Gasteiger charge is -2.23. The Hall–Kier alpha value is -2.89. The Morgan fingerprint density at radius 2 is 1.77 bits per heavy atom. The van der Waals surface area contributed by atoms with Crippen LogP contribution in [-0.2, 0) is 22.5 Å². The lowest BCUT2D eigenvalue weighted by atomic mass is 9.83. The van der Waals surface area contributed by atoms with Crippen molar-refractivity contribution in [3.05, 3.63) is 99.3 Å². The largest absolute Gasteiger partial charge is 0.497 e. The molecule has 0 saturated heterocycles. The van der Waals surface area contributed by atoms with Crippen molar-refractivity contribution in [3.63, 3.8) is 0 Å². The van der Waals surface area contributed by atoms with Crippen LogP contribution < -0.4 is 4.74 Å². The zero-order valence-electron chi connectivity index (χ0n) is 24.3. The molecule has 5 heteroatoms. The number of aryl methyl sites for hydroxylation is 1. The van der Waals surface area contributed by atoms with Crippen LogP contribution in [0.1, 0.15) is 102 Å². The van der Waals surface area contributed by atoms with Gasteiger partial charge in [-0.05, 0) is 85.4 Å². The molecule has 2 aromatic carbocycles. The smallest absolute Gasteiger partial charge is 0.348 e. The first kappa shape index (κ1) is 30.1. The van der Waals surface area contributed by atoms with Gasteiger partial charge in [-0.1, -0.05) is 74.7 Å². The van der Waals surface area contributed by atoms with Crippen LogP contribution in [0.5, 0.6) is 5.75 Å². The number of ether oxygens (including phenoxy) is 3. The highest BCUT2D eigenvalue weighted by Gasteiger charge is 2.31. The first-order valence-corrected chi connectivity index (χ1v) is 15.5. The van der Waals surface area contributed by atoms with Gasteiger partial charge in [0.15, 0.2) is 0 Å². The van der Waals surface area contributed by atoms with E-state index in [-0.39, 0.29) is 12.1 Å². The molecule has 4 nitrogen and oxygen atoms in total. The van der Waals surface area contributed by atoms with Gasteiger partial charge >= 0.3 is 5.97 Å². The minimum atomic E-state index is -0.245. The average molecular weight is 561 g/mol. The highest BCUT2D eigenvalue weighted by atomic mass is 32.1. The number of unbranched alkanes of at least 4 members (excludes halogenated alkanes) is 2. The molecule has 1 unspecified atom stereocenters. The summed E-state index contributed by atoms with van der Waals surface area (Å²) in [7, 11) is 3.12. The van der Waals surface area contributed by atoms with Gasteiger partial charge in [-0.25, -0.2) is 4.79 Å². The molecule has 0 radical (unpaired) electrons. The summed E-state index contributed by atoms with van der Waals surface area (Å²) in [5, 5.41) is 0. The highest BCUT2D eigenvalue weighted by Crippen LogP contribution is 2.45. The molecular weight excluding hydrogens is 516 g/mol. The summed E-state index contributed by atoms with van der Waals surface area (Å²) in [4.78, 5) is 13.7. The molecule has 0 bridgehead atoms. The second-order valence-corrected chi connectivity index (χ2v) is 12.1. The van der Waals surface area contributed by atoms with E-state index in [0.717, 1.165) is 37.0 Å². The Balaban J connectivity index is 1.37. The van der Waals surface area contributed by atoms with Crippen molar-refractivity contribution < 1.29 is 19.0 Å². The third-order valence-corrected chi connectivity index (χ3v) is 9.27. The van der Waals surface area contributed by atoms with Gasteiger partial charge in [0.25, 0.3) is 0 Å². The van der Waals surface area contributed by atoms with Crippen LogP contribution in [0.15, 0.2) is 72.8 Å². The molecule has 1 fully saturated rings. The maximum atomic E-state index is 11.8. The summed E-state index contributed by atoms with van der Waals surface area (Å²) in [5.74, 6) is 1.65. The Bertz CT molecular complexity index is 1210. The van der Waals surface area contributed by atoms with E-state index in [2.05, 4.69) is 56.0 Å². The molecule has 3 atom stereocenters. The van der Waals surface area contributed by atoms with Gasteiger partial charge in [0, 0.05) is 10.8 Å². The van der Waals surface area contributed by atoms with Crippen LogP contribution >= 0.6 is 11.3 Å². The van der Waals surface area contributed by atoms with Gasteiger partial charge < -0.3 is 14.2 Å². The Kier molecular flexibility index (Phi) is 11.4. The molecule has 214 valence electrons. The van der Waals surface area contributed by atoms with Crippen LogP contribution in [0.2, 0.25) is 0 Å². The average Bonchev–Trinajstić information content (AvgIpc) is 3.61. The van der Waals surface area contributed by atoms with E-state index < -0.39 is 0 Å². The molecule has 0 N–H and O–H groups in total. The second-order valence-electron chi connectivity index (χ2n) is 10.9. The molecular formula is C35H44O4S. The quantitative estimate of drug-likeness (QED) is 0.105. The number of benzene rings is 2. The van der Waals surface area contributed by atoms with Gasteiger partial charge in [-0.15, -0.1) is 11.3 Å². The molecule has 0 aliphatic heterocycles. The van der Waals surface area contributed by atoms with Crippen molar-refractivity contribution in [2.24, 2.45) is 5.92 Å². The Morgan fingerprint density at radius 1 is 1.00 bits per heavy atom. The minimum absolute atomic E-state index is 0.0888. The van der Waals surface area contributed by atoms with Gasteiger partial charge in [-0.3, -0.25) is 0 Å². The van der Waals surface area contributed by atoms with Crippen molar-refractivity contribution >= 4 is 17.3 Å². The maximum absolute atomic E-state index is 11.8. The van der Waals surface area contributed by atoms with Crippen LogP contribution in [-0.4, -0.2) is 20.2 Å². The number of methoxy groups -OCH3 is 2. The summed E-state index contributed by atoms with van der Waals surface area (Å²) < 4.78 is 16.6. The van der Waals surface area contributed by atoms with E-state index in [4.69, 9.17) is 14.2 Å². The molecule has 40 heavy (non-hydrogen) atoms. The summed E-state index contributed by atoms with van der Waals surface area (Å²) >= 11 is 1.55. The molecule has 1 aliphatic rings. The van der Waals surface area contributed by atoms with Crippen LogP contribution in [0.3, 0.4) is 0 Å². The number of hydrogen-bond acceptors (Lipinski definition) is 5. The number of carbonyl (C=O) groups is 1.